The van der Waals surface area contributed by atoms with Gasteiger partial charge in [0.25, 0.3) is 0 Å². The van der Waals surface area contributed by atoms with Crippen molar-refractivity contribution in [2.75, 3.05) is 5.73 Å². The third-order valence-corrected chi connectivity index (χ3v) is 2.11. The Morgan fingerprint density at radius 2 is 2.20 bits per heavy atom. The maximum atomic E-state index is 9.17. The fourth-order valence-electron chi connectivity index (χ4n) is 0.602. The second kappa shape index (κ2) is 3.03. The molecule has 0 aliphatic heterocycles. The van der Waals surface area contributed by atoms with Gasteiger partial charge in [0.05, 0.1) is 10.6 Å². The van der Waals surface area contributed by atoms with Crippen molar-refractivity contribution in [3.05, 3.63) is 18.2 Å². The van der Waals surface area contributed by atoms with E-state index in [1.807, 2.05) is 0 Å². The van der Waals surface area contributed by atoms with E-state index in [4.69, 9.17) is 21.5 Å². The molecule has 0 heterocycles. The number of benzene rings is 1. The lowest BCUT2D eigenvalue weighted by Gasteiger charge is -2.00. The number of para-hydroxylation sites is 1. The van der Waals surface area contributed by atoms with Crippen LogP contribution in [0.1, 0.15) is 0 Å². The molecule has 0 aromatic heterocycles. The maximum Gasteiger partial charge on any atom is 0.153 e. The Kier molecular flexibility index (Phi) is 2.29. The summed E-state index contributed by atoms with van der Waals surface area (Å²) in [6, 6.07) is 5.05. The minimum atomic E-state index is 0.0579. The molecule has 0 amide bonds. The average molecular weight is 176 g/mol. The SMILES string of the molecule is Nc1cccc(SCl)c1O. The quantitative estimate of drug-likeness (QED) is 0.508. The van der Waals surface area contributed by atoms with Gasteiger partial charge in [-0.3, -0.25) is 0 Å². The smallest absolute Gasteiger partial charge is 0.153 e. The first-order valence-corrected chi connectivity index (χ1v) is 4.26. The Bertz CT molecular complexity index is 241. The number of rotatable bonds is 1. The molecule has 0 unspecified atom stereocenters. The second-order valence-electron chi connectivity index (χ2n) is 1.77. The minimum absolute atomic E-state index is 0.0579. The summed E-state index contributed by atoms with van der Waals surface area (Å²) in [5, 5.41) is 9.17. The molecule has 0 aliphatic rings. The van der Waals surface area contributed by atoms with Gasteiger partial charge in [-0.25, -0.2) is 0 Å². The van der Waals surface area contributed by atoms with E-state index >= 15 is 0 Å². The number of hydrogen-bond donors (Lipinski definition) is 2. The van der Waals surface area contributed by atoms with Crippen LogP contribution in [0.15, 0.2) is 23.1 Å². The van der Waals surface area contributed by atoms with E-state index in [-0.39, 0.29) is 5.75 Å². The molecule has 0 spiro atoms. The van der Waals surface area contributed by atoms with E-state index in [0.717, 1.165) is 11.0 Å². The van der Waals surface area contributed by atoms with E-state index in [1.165, 1.54) is 0 Å². The summed E-state index contributed by atoms with van der Waals surface area (Å²) in [5.41, 5.74) is 5.73. The summed E-state index contributed by atoms with van der Waals surface area (Å²) < 4.78 is 0. The van der Waals surface area contributed by atoms with Crippen molar-refractivity contribution in [1.82, 2.24) is 0 Å². The number of nitrogen functional groups attached to an aromatic ring is 1. The Labute approximate surface area is 67.5 Å². The van der Waals surface area contributed by atoms with Crippen LogP contribution < -0.4 is 5.73 Å². The van der Waals surface area contributed by atoms with Crippen molar-refractivity contribution >= 4 is 27.3 Å². The lowest BCUT2D eigenvalue weighted by atomic mass is 10.3. The van der Waals surface area contributed by atoms with Crippen molar-refractivity contribution in [1.29, 1.82) is 0 Å². The molecule has 1 aromatic carbocycles. The average Bonchev–Trinajstić information content (AvgIpc) is 1.95. The number of anilines is 1. The Balaban J connectivity index is 3.14. The van der Waals surface area contributed by atoms with Crippen LogP contribution in [0.25, 0.3) is 0 Å². The molecule has 3 N–H and O–H groups in total. The van der Waals surface area contributed by atoms with Gasteiger partial charge >= 0.3 is 0 Å². The van der Waals surface area contributed by atoms with Gasteiger partial charge in [-0.2, -0.15) is 0 Å². The Morgan fingerprint density at radius 1 is 1.50 bits per heavy atom. The fraction of sp³-hybridized carbons (Fsp3) is 0. The number of aromatic hydroxyl groups is 1. The molecular weight excluding hydrogens is 170 g/mol. The van der Waals surface area contributed by atoms with Crippen LogP contribution in [0.2, 0.25) is 0 Å². The number of phenolic OH excluding ortho intramolecular Hbond substituents is 1. The van der Waals surface area contributed by atoms with Crippen LogP contribution in [-0.2, 0) is 0 Å². The standard InChI is InChI=1S/C6H6ClNOS/c7-10-5-3-1-2-4(8)6(5)9/h1-3,9H,8H2. The molecule has 0 saturated heterocycles. The zero-order valence-corrected chi connectivity index (χ0v) is 6.62. The second-order valence-corrected chi connectivity index (χ2v) is 2.83. The summed E-state index contributed by atoms with van der Waals surface area (Å²) in [4.78, 5) is 0.585. The third kappa shape index (κ3) is 1.30. The topological polar surface area (TPSA) is 46.2 Å². The zero-order valence-electron chi connectivity index (χ0n) is 5.04. The van der Waals surface area contributed by atoms with Gasteiger partial charge in [-0.1, -0.05) is 6.07 Å². The van der Waals surface area contributed by atoms with Gasteiger partial charge in [0, 0.05) is 0 Å². The van der Waals surface area contributed by atoms with Crippen molar-refractivity contribution in [3.8, 4) is 5.75 Å². The highest BCUT2D eigenvalue weighted by atomic mass is 35.7. The molecule has 1 rings (SSSR count). The summed E-state index contributed by atoms with van der Waals surface area (Å²) in [7, 11) is 6.36. The maximum absolute atomic E-state index is 9.17. The molecule has 4 heteroatoms. The summed E-state index contributed by atoms with van der Waals surface area (Å²) in [6.07, 6.45) is 0. The van der Waals surface area contributed by atoms with Crippen molar-refractivity contribution in [2.45, 2.75) is 4.90 Å². The molecule has 2 nitrogen and oxygen atoms in total. The van der Waals surface area contributed by atoms with E-state index in [0.29, 0.717) is 10.6 Å². The van der Waals surface area contributed by atoms with Gasteiger partial charge in [-0.05, 0) is 33.8 Å². The van der Waals surface area contributed by atoms with Gasteiger partial charge in [-0.15, -0.1) is 0 Å². The van der Waals surface area contributed by atoms with E-state index in [1.54, 1.807) is 18.2 Å². The normalized spacial score (nSPS) is 9.70. The molecule has 0 saturated carbocycles. The molecule has 0 atom stereocenters. The van der Waals surface area contributed by atoms with Crippen LogP contribution in [0.3, 0.4) is 0 Å². The molecule has 0 radical (unpaired) electrons. The van der Waals surface area contributed by atoms with Gasteiger partial charge in [0.1, 0.15) is 0 Å². The highest BCUT2D eigenvalue weighted by Gasteiger charge is 2.01. The third-order valence-electron chi connectivity index (χ3n) is 1.11. The molecule has 54 valence electrons. The van der Waals surface area contributed by atoms with Crippen molar-refractivity contribution in [3.63, 3.8) is 0 Å². The predicted molar refractivity (Wildman–Crippen MR) is 44.2 cm³/mol. The van der Waals surface area contributed by atoms with Gasteiger partial charge in [0.15, 0.2) is 5.75 Å². The molecule has 1 aromatic rings. The summed E-state index contributed by atoms with van der Waals surface area (Å²) in [5.74, 6) is 0.0579. The first-order chi connectivity index (χ1) is 4.75. The summed E-state index contributed by atoms with van der Waals surface area (Å²) in [6.45, 7) is 0. The molecule has 0 bridgehead atoms. The monoisotopic (exact) mass is 175 g/mol. The first-order valence-electron chi connectivity index (χ1n) is 2.61. The van der Waals surface area contributed by atoms with E-state index < -0.39 is 0 Å². The van der Waals surface area contributed by atoms with Crippen LogP contribution in [0.4, 0.5) is 5.69 Å². The van der Waals surface area contributed by atoms with Crippen LogP contribution in [0.5, 0.6) is 5.75 Å². The van der Waals surface area contributed by atoms with Crippen molar-refractivity contribution in [2.24, 2.45) is 0 Å². The van der Waals surface area contributed by atoms with E-state index in [9.17, 15) is 0 Å². The Morgan fingerprint density at radius 3 is 2.70 bits per heavy atom. The minimum Gasteiger partial charge on any atom is -0.505 e. The zero-order chi connectivity index (χ0) is 7.56. The molecule has 0 fully saturated rings. The number of phenols is 1. The predicted octanol–water partition coefficient (Wildman–Crippen LogP) is 2.22. The highest BCUT2D eigenvalue weighted by molar-refractivity contribution is 8.21. The number of nitrogens with two attached hydrogens (primary N) is 1. The molecular formula is C6H6ClNOS. The number of hydrogen-bond acceptors (Lipinski definition) is 3. The van der Waals surface area contributed by atoms with Crippen LogP contribution in [-0.4, -0.2) is 5.11 Å². The van der Waals surface area contributed by atoms with Crippen molar-refractivity contribution < 1.29 is 5.11 Å². The molecule has 10 heavy (non-hydrogen) atoms. The van der Waals surface area contributed by atoms with Gasteiger partial charge < -0.3 is 10.8 Å². The van der Waals surface area contributed by atoms with Crippen LogP contribution in [0, 0.1) is 0 Å². The number of halogens is 1. The van der Waals surface area contributed by atoms with E-state index in [2.05, 4.69) is 0 Å². The lowest BCUT2D eigenvalue weighted by Crippen LogP contribution is -1.84. The van der Waals surface area contributed by atoms with Crippen LogP contribution >= 0.6 is 21.7 Å². The Hall–Kier alpha value is -0.540. The van der Waals surface area contributed by atoms with Gasteiger partial charge in [0.2, 0.25) is 0 Å². The molecule has 0 aliphatic carbocycles. The largest absolute Gasteiger partial charge is 0.505 e. The first kappa shape index (κ1) is 7.57. The lowest BCUT2D eigenvalue weighted by molar-refractivity contribution is 0.465. The highest BCUT2D eigenvalue weighted by Crippen LogP contribution is 2.34. The summed E-state index contributed by atoms with van der Waals surface area (Å²) >= 11 is 0. The fourth-order valence-corrected chi connectivity index (χ4v) is 1.30.